The summed E-state index contributed by atoms with van der Waals surface area (Å²) in [6.07, 6.45) is 1.00. The van der Waals surface area contributed by atoms with Crippen molar-refractivity contribution in [3.8, 4) is 11.5 Å². The number of nitrogens with zero attached hydrogens (tertiary/aromatic N) is 1. The second-order valence-corrected chi connectivity index (χ2v) is 5.50. The summed E-state index contributed by atoms with van der Waals surface area (Å²) in [5.74, 6) is 1.21. The summed E-state index contributed by atoms with van der Waals surface area (Å²) in [4.78, 5) is 14.1. The van der Waals surface area contributed by atoms with E-state index in [4.69, 9.17) is 14.2 Å². The van der Waals surface area contributed by atoms with E-state index < -0.39 is 0 Å². The Bertz CT molecular complexity index is 501. The first-order valence-corrected chi connectivity index (χ1v) is 8.02. The Balaban J connectivity index is 1.69. The van der Waals surface area contributed by atoms with Crippen molar-refractivity contribution in [2.24, 2.45) is 0 Å². The molecular weight excluding hydrogens is 296 g/mol. The zero-order chi connectivity index (χ0) is 16.5. The lowest BCUT2D eigenvalue weighted by atomic mass is 10.1. The summed E-state index contributed by atoms with van der Waals surface area (Å²) in [6, 6.07) is 5.69. The number of hydrogen-bond donors (Lipinski definition) is 1. The molecule has 1 aliphatic heterocycles. The molecule has 1 aromatic rings. The molecule has 0 radical (unpaired) electrons. The Morgan fingerprint density at radius 3 is 2.61 bits per heavy atom. The Kier molecular flexibility index (Phi) is 7.16. The first kappa shape index (κ1) is 17.6. The van der Waals surface area contributed by atoms with Gasteiger partial charge in [-0.05, 0) is 24.1 Å². The van der Waals surface area contributed by atoms with Gasteiger partial charge in [-0.3, -0.25) is 9.69 Å². The van der Waals surface area contributed by atoms with E-state index in [2.05, 4.69) is 10.2 Å². The standard InChI is InChI=1S/C17H26N2O4/c1-21-15-5-3-14(13-16(15)22-2)4-6-17(20)23-12-11-19-9-7-18-8-10-19/h3,5,13,18H,4,6-12H2,1-2H3. The maximum atomic E-state index is 11.8. The number of rotatable bonds is 8. The van der Waals surface area contributed by atoms with E-state index in [0.717, 1.165) is 38.3 Å². The van der Waals surface area contributed by atoms with Crippen molar-refractivity contribution < 1.29 is 19.0 Å². The van der Waals surface area contributed by atoms with Crippen molar-refractivity contribution in [2.75, 3.05) is 53.6 Å². The van der Waals surface area contributed by atoms with Crippen LogP contribution in [0.1, 0.15) is 12.0 Å². The highest BCUT2D eigenvalue weighted by Crippen LogP contribution is 2.27. The van der Waals surface area contributed by atoms with Crippen LogP contribution in [0.25, 0.3) is 0 Å². The third kappa shape index (κ3) is 5.73. The normalized spacial score (nSPS) is 15.2. The van der Waals surface area contributed by atoms with Crippen LogP contribution >= 0.6 is 0 Å². The minimum atomic E-state index is -0.157. The second-order valence-electron chi connectivity index (χ2n) is 5.50. The van der Waals surface area contributed by atoms with Crippen LogP contribution in [-0.4, -0.2) is 64.4 Å². The van der Waals surface area contributed by atoms with Gasteiger partial charge in [0.05, 0.1) is 14.2 Å². The average Bonchev–Trinajstić information content (AvgIpc) is 2.60. The van der Waals surface area contributed by atoms with Crippen molar-refractivity contribution in [1.82, 2.24) is 10.2 Å². The van der Waals surface area contributed by atoms with Gasteiger partial charge in [-0.1, -0.05) is 6.07 Å². The highest BCUT2D eigenvalue weighted by atomic mass is 16.5. The molecule has 2 rings (SSSR count). The number of aryl methyl sites for hydroxylation is 1. The van der Waals surface area contributed by atoms with Gasteiger partial charge < -0.3 is 19.5 Å². The molecule has 0 spiro atoms. The molecule has 0 saturated carbocycles. The Morgan fingerprint density at radius 1 is 1.17 bits per heavy atom. The molecule has 1 saturated heterocycles. The fraction of sp³-hybridized carbons (Fsp3) is 0.588. The predicted molar refractivity (Wildman–Crippen MR) is 88.1 cm³/mol. The largest absolute Gasteiger partial charge is 0.493 e. The first-order valence-electron chi connectivity index (χ1n) is 8.02. The molecule has 0 aromatic heterocycles. The fourth-order valence-corrected chi connectivity index (χ4v) is 2.58. The zero-order valence-corrected chi connectivity index (χ0v) is 14.0. The number of benzene rings is 1. The molecule has 1 N–H and O–H groups in total. The third-order valence-corrected chi connectivity index (χ3v) is 3.95. The number of piperazine rings is 1. The van der Waals surface area contributed by atoms with Crippen LogP contribution < -0.4 is 14.8 Å². The molecule has 1 aromatic carbocycles. The molecule has 0 atom stereocenters. The number of carbonyl (C=O) groups excluding carboxylic acids is 1. The van der Waals surface area contributed by atoms with Crippen LogP contribution in [-0.2, 0) is 16.0 Å². The van der Waals surface area contributed by atoms with Crippen LogP contribution in [0.3, 0.4) is 0 Å². The van der Waals surface area contributed by atoms with Crippen LogP contribution in [0.15, 0.2) is 18.2 Å². The molecule has 1 heterocycles. The van der Waals surface area contributed by atoms with Gasteiger partial charge in [0.25, 0.3) is 0 Å². The van der Waals surface area contributed by atoms with Crippen molar-refractivity contribution >= 4 is 5.97 Å². The summed E-state index contributed by atoms with van der Waals surface area (Å²) in [5.41, 5.74) is 1.03. The molecule has 0 bridgehead atoms. The molecule has 0 amide bonds. The minimum Gasteiger partial charge on any atom is -0.493 e. The number of esters is 1. The van der Waals surface area contributed by atoms with E-state index in [0.29, 0.717) is 30.9 Å². The number of carbonyl (C=O) groups is 1. The van der Waals surface area contributed by atoms with Gasteiger partial charge in [0.2, 0.25) is 0 Å². The van der Waals surface area contributed by atoms with Gasteiger partial charge in [0.15, 0.2) is 11.5 Å². The Morgan fingerprint density at radius 2 is 1.91 bits per heavy atom. The quantitative estimate of drug-likeness (QED) is 0.723. The molecular formula is C17H26N2O4. The Hall–Kier alpha value is -1.79. The van der Waals surface area contributed by atoms with Crippen molar-refractivity contribution in [1.29, 1.82) is 0 Å². The first-order chi connectivity index (χ1) is 11.2. The molecule has 128 valence electrons. The van der Waals surface area contributed by atoms with E-state index in [1.54, 1.807) is 14.2 Å². The van der Waals surface area contributed by atoms with Gasteiger partial charge in [-0.25, -0.2) is 0 Å². The molecule has 6 nitrogen and oxygen atoms in total. The van der Waals surface area contributed by atoms with Crippen molar-refractivity contribution in [3.63, 3.8) is 0 Å². The number of methoxy groups -OCH3 is 2. The SMILES string of the molecule is COc1ccc(CCC(=O)OCCN2CCNCC2)cc1OC. The topological polar surface area (TPSA) is 60.0 Å². The van der Waals surface area contributed by atoms with E-state index in [1.165, 1.54) is 0 Å². The number of ether oxygens (including phenoxy) is 3. The summed E-state index contributed by atoms with van der Waals surface area (Å²) < 4.78 is 15.8. The smallest absolute Gasteiger partial charge is 0.306 e. The van der Waals surface area contributed by atoms with Gasteiger partial charge in [-0.15, -0.1) is 0 Å². The maximum Gasteiger partial charge on any atom is 0.306 e. The summed E-state index contributed by atoms with van der Waals surface area (Å²) in [6.45, 7) is 5.32. The van der Waals surface area contributed by atoms with E-state index in [1.807, 2.05) is 18.2 Å². The van der Waals surface area contributed by atoms with Crippen molar-refractivity contribution in [3.05, 3.63) is 23.8 Å². The van der Waals surface area contributed by atoms with Crippen LogP contribution in [0.2, 0.25) is 0 Å². The lowest BCUT2D eigenvalue weighted by Gasteiger charge is -2.26. The summed E-state index contributed by atoms with van der Waals surface area (Å²) >= 11 is 0. The van der Waals surface area contributed by atoms with Gasteiger partial charge in [-0.2, -0.15) is 0 Å². The monoisotopic (exact) mass is 322 g/mol. The fourth-order valence-electron chi connectivity index (χ4n) is 2.58. The number of hydrogen-bond acceptors (Lipinski definition) is 6. The van der Waals surface area contributed by atoms with E-state index >= 15 is 0 Å². The third-order valence-electron chi connectivity index (χ3n) is 3.95. The van der Waals surface area contributed by atoms with Gasteiger partial charge in [0, 0.05) is 39.1 Å². The lowest BCUT2D eigenvalue weighted by molar-refractivity contribution is -0.144. The molecule has 0 aliphatic carbocycles. The molecule has 6 heteroatoms. The minimum absolute atomic E-state index is 0.157. The highest BCUT2D eigenvalue weighted by molar-refractivity contribution is 5.69. The van der Waals surface area contributed by atoms with Gasteiger partial charge in [0.1, 0.15) is 6.61 Å². The van der Waals surface area contributed by atoms with Crippen LogP contribution in [0.4, 0.5) is 0 Å². The summed E-state index contributed by atoms with van der Waals surface area (Å²) in [7, 11) is 3.21. The van der Waals surface area contributed by atoms with Crippen LogP contribution in [0.5, 0.6) is 11.5 Å². The molecule has 1 fully saturated rings. The average molecular weight is 322 g/mol. The summed E-state index contributed by atoms with van der Waals surface area (Å²) in [5, 5.41) is 3.30. The molecule has 0 unspecified atom stereocenters. The predicted octanol–water partition coefficient (Wildman–Crippen LogP) is 1.08. The van der Waals surface area contributed by atoms with E-state index in [9.17, 15) is 4.79 Å². The highest BCUT2D eigenvalue weighted by Gasteiger charge is 2.11. The molecule has 1 aliphatic rings. The van der Waals surface area contributed by atoms with Gasteiger partial charge >= 0.3 is 5.97 Å². The second kappa shape index (κ2) is 9.37. The number of nitrogens with one attached hydrogen (secondary N) is 1. The van der Waals surface area contributed by atoms with Crippen LogP contribution in [0, 0.1) is 0 Å². The maximum absolute atomic E-state index is 11.8. The van der Waals surface area contributed by atoms with E-state index in [-0.39, 0.29) is 5.97 Å². The molecule has 23 heavy (non-hydrogen) atoms. The lowest BCUT2D eigenvalue weighted by Crippen LogP contribution is -2.44. The Labute approximate surface area is 137 Å². The zero-order valence-electron chi connectivity index (χ0n) is 14.0. The van der Waals surface area contributed by atoms with Crippen molar-refractivity contribution in [2.45, 2.75) is 12.8 Å².